The van der Waals surface area contributed by atoms with Gasteiger partial charge in [-0.15, -0.1) is 0 Å². The van der Waals surface area contributed by atoms with Gasteiger partial charge in [-0.3, -0.25) is 0 Å². The second-order valence-electron chi connectivity index (χ2n) is 5.09. The molecular formula is C12H25N3O2. The van der Waals surface area contributed by atoms with E-state index < -0.39 is 0 Å². The summed E-state index contributed by atoms with van der Waals surface area (Å²) in [5.41, 5.74) is 0. The second kappa shape index (κ2) is 7.50. The van der Waals surface area contributed by atoms with E-state index in [1.54, 1.807) is 0 Å². The van der Waals surface area contributed by atoms with Gasteiger partial charge in [0.05, 0.1) is 6.61 Å². The Balaban J connectivity index is 2.16. The summed E-state index contributed by atoms with van der Waals surface area (Å²) in [6.07, 6.45) is 2.03. The second-order valence-corrected chi connectivity index (χ2v) is 5.09. The largest absolute Gasteiger partial charge is 0.395 e. The summed E-state index contributed by atoms with van der Waals surface area (Å²) in [7, 11) is 0. The molecule has 17 heavy (non-hydrogen) atoms. The summed E-state index contributed by atoms with van der Waals surface area (Å²) in [6, 6.07) is 0.110. The molecule has 5 nitrogen and oxygen atoms in total. The van der Waals surface area contributed by atoms with E-state index in [9.17, 15) is 4.79 Å². The molecule has 0 atom stereocenters. The fraction of sp³-hybridized carbons (Fsp3) is 0.917. The highest BCUT2D eigenvalue weighted by molar-refractivity contribution is 5.74. The van der Waals surface area contributed by atoms with E-state index in [-0.39, 0.29) is 18.7 Å². The van der Waals surface area contributed by atoms with E-state index in [0.29, 0.717) is 12.5 Å². The van der Waals surface area contributed by atoms with Gasteiger partial charge in [-0.05, 0) is 18.8 Å². The third-order valence-corrected chi connectivity index (χ3v) is 2.94. The van der Waals surface area contributed by atoms with Crippen LogP contribution in [0.25, 0.3) is 0 Å². The SMILES string of the molecule is CC(C)CN1CCC(NC(=O)NCCO)CC1. The van der Waals surface area contributed by atoms with Crippen molar-refractivity contribution in [3.63, 3.8) is 0 Å². The van der Waals surface area contributed by atoms with Crippen molar-refractivity contribution in [3.05, 3.63) is 0 Å². The van der Waals surface area contributed by atoms with E-state index in [0.717, 1.165) is 32.5 Å². The number of rotatable bonds is 5. The lowest BCUT2D eigenvalue weighted by Crippen LogP contribution is -2.48. The van der Waals surface area contributed by atoms with Crippen molar-refractivity contribution in [2.24, 2.45) is 5.92 Å². The summed E-state index contributed by atoms with van der Waals surface area (Å²) in [6.45, 7) is 8.02. The maximum atomic E-state index is 11.4. The molecule has 1 fully saturated rings. The molecule has 0 aliphatic carbocycles. The maximum Gasteiger partial charge on any atom is 0.315 e. The Morgan fingerprint density at radius 3 is 2.59 bits per heavy atom. The van der Waals surface area contributed by atoms with Gasteiger partial charge in [0.15, 0.2) is 0 Å². The molecule has 0 aromatic carbocycles. The molecular weight excluding hydrogens is 218 g/mol. The minimum Gasteiger partial charge on any atom is -0.395 e. The standard InChI is InChI=1S/C12H25N3O2/c1-10(2)9-15-6-3-11(4-7-15)14-12(17)13-5-8-16/h10-11,16H,3-9H2,1-2H3,(H2,13,14,17). The number of urea groups is 1. The van der Waals surface area contributed by atoms with E-state index in [4.69, 9.17) is 5.11 Å². The zero-order valence-corrected chi connectivity index (χ0v) is 10.9. The number of hydrogen-bond donors (Lipinski definition) is 3. The van der Waals surface area contributed by atoms with Gasteiger partial charge in [0.1, 0.15) is 0 Å². The molecule has 0 bridgehead atoms. The number of hydrogen-bond acceptors (Lipinski definition) is 3. The lowest BCUT2D eigenvalue weighted by molar-refractivity contribution is 0.177. The number of piperidine rings is 1. The van der Waals surface area contributed by atoms with Crippen LogP contribution in [0.15, 0.2) is 0 Å². The molecule has 1 heterocycles. The molecule has 1 aliphatic rings. The Kier molecular flexibility index (Phi) is 6.29. The van der Waals surface area contributed by atoms with Crippen molar-refractivity contribution in [1.82, 2.24) is 15.5 Å². The third-order valence-electron chi connectivity index (χ3n) is 2.94. The first kappa shape index (κ1) is 14.3. The Hall–Kier alpha value is -0.810. The Morgan fingerprint density at radius 1 is 1.41 bits per heavy atom. The van der Waals surface area contributed by atoms with Crippen LogP contribution in [0.4, 0.5) is 4.79 Å². The van der Waals surface area contributed by atoms with Crippen LogP contribution < -0.4 is 10.6 Å². The summed E-state index contributed by atoms with van der Waals surface area (Å²) >= 11 is 0. The van der Waals surface area contributed by atoms with Gasteiger partial charge in [0.25, 0.3) is 0 Å². The van der Waals surface area contributed by atoms with Crippen LogP contribution in [0.2, 0.25) is 0 Å². The lowest BCUT2D eigenvalue weighted by Gasteiger charge is -2.33. The highest BCUT2D eigenvalue weighted by atomic mass is 16.3. The predicted molar refractivity (Wildman–Crippen MR) is 67.9 cm³/mol. The average Bonchev–Trinajstić information content (AvgIpc) is 2.28. The Labute approximate surface area is 104 Å². The number of nitrogens with one attached hydrogen (secondary N) is 2. The minimum absolute atomic E-state index is 0.0136. The van der Waals surface area contributed by atoms with Gasteiger partial charge < -0.3 is 20.6 Å². The highest BCUT2D eigenvalue weighted by Crippen LogP contribution is 2.11. The number of aliphatic hydroxyl groups is 1. The Morgan fingerprint density at radius 2 is 2.06 bits per heavy atom. The number of likely N-dealkylation sites (tertiary alicyclic amines) is 1. The molecule has 5 heteroatoms. The Bertz CT molecular complexity index is 226. The first-order valence-corrected chi connectivity index (χ1v) is 6.49. The van der Waals surface area contributed by atoms with Crippen LogP contribution in [0.5, 0.6) is 0 Å². The highest BCUT2D eigenvalue weighted by Gasteiger charge is 2.20. The molecule has 1 saturated heterocycles. The molecule has 0 aromatic heterocycles. The first-order chi connectivity index (χ1) is 8.11. The van der Waals surface area contributed by atoms with Crippen LogP contribution in [-0.4, -0.2) is 54.9 Å². The van der Waals surface area contributed by atoms with Gasteiger partial charge in [-0.25, -0.2) is 4.79 Å². The topological polar surface area (TPSA) is 64.6 Å². The molecule has 0 spiro atoms. The minimum atomic E-state index is -0.165. The summed E-state index contributed by atoms with van der Waals surface area (Å²) in [4.78, 5) is 13.8. The quantitative estimate of drug-likeness (QED) is 0.655. The van der Waals surface area contributed by atoms with Crippen LogP contribution in [0.3, 0.4) is 0 Å². The number of amides is 2. The van der Waals surface area contributed by atoms with Crippen LogP contribution in [-0.2, 0) is 0 Å². The van der Waals surface area contributed by atoms with Crippen molar-refractivity contribution >= 4 is 6.03 Å². The molecule has 1 aliphatic heterocycles. The van der Waals surface area contributed by atoms with Crippen LogP contribution in [0.1, 0.15) is 26.7 Å². The zero-order valence-electron chi connectivity index (χ0n) is 10.9. The number of nitrogens with zero attached hydrogens (tertiary/aromatic N) is 1. The van der Waals surface area contributed by atoms with Crippen molar-refractivity contribution in [2.75, 3.05) is 32.8 Å². The van der Waals surface area contributed by atoms with Crippen molar-refractivity contribution in [1.29, 1.82) is 0 Å². The monoisotopic (exact) mass is 243 g/mol. The smallest absolute Gasteiger partial charge is 0.315 e. The van der Waals surface area contributed by atoms with Crippen molar-refractivity contribution in [3.8, 4) is 0 Å². The molecule has 0 aromatic rings. The third kappa shape index (κ3) is 5.89. The first-order valence-electron chi connectivity index (χ1n) is 6.49. The van der Waals surface area contributed by atoms with Gasteiger partial charge in [0, 0.05) is 32.2 Å². The van der Waals surface area contributed by atoms with Crippen molar-refractivity contribution in [2.45, 2.75) is 32.7 Å². The summed E-state index contributed by atoms with van der Waals surface area (Å²) in [5, 5.41) is 14.1. The molecule has 1 rings (SSSR count). The maximum absolute atomic E-state index is 11.4. The van der Waals surface area contributed by atoms with Gasteiger partial charge in [0.2, 0.25) is 0 Å². The van der Waals surface area contributed by atoms with Crippen molar-refractivity contribution < 1.29 is 9.90 Å². The van der Waals surface area contributed by atoms with E-state index >= 15 is 0 Å². The van der Waals surface area contributed by atoms with Crippen LogP contribution >= 0.6 is 0 Å². The summed E-state index contributed by atoms with van der Waals surface area (Å²) < 4.78 is 0. The fourth-order valence-corrected chi connectivity index (χ4v) is 2.18. The molecule has 2 amide bonds. The molecule has 100 valence electrons. The summed E-state index contributed by atoms with van der Waals surface area (Å²) in [5.74, 6) is 0.701. The van der Waals surface area contributed by atoms with E-state index in [1.807, 2.05) is 0 Å². The zero-order chi connectivity index (χ0) is 12.7. The molecule has 0 radical (unpaired) electrons. The lowest BCUT2D eigenvalue weighted by atomic mass is 10.0. The average molecular weight is 243 g/mol. The van der Waals surface area contributed by atoms with Crippen LogP contribution in [0, 0.1) is 5.92 Å². The van der Waals surface area contributed by atoms with Gasteiger partial charge in [-0.2, -0.15) is 0 Å². The van der Waals surface area contributed by atoms with Gasteiger partial charge >= 0.3 is 6.03 Å². The number of carbonyl (C=O) groups is 1. The fourth-order valence-electron chi connectivity index (χ4n) is 2.18. The molecule has 3 N–H and O–H groups in total. The number of aliphatic hydroxyl groups excluding tert-OH is 1. The molecule has 0 saturated carbocycles. The van der Waals surface area contributed by atoms with E-state index in [1.165, 1.54) is 0 Å². The van der Waals surface area contributed by atoms with E-state index in [2.05, 4.69) is 29.4 Å². The normalized spacial score (nSPS) is 18.4. The number of carbonyl (C=O) groups excluding carboxylic acids is 1. The van der Waals surface area contributed by atoms with Gasteiger partial charge in [-0.1, -0.05) is 13.8 Å². The molecule has 0 unspecified atom stereocenters. The predicted octanol–water partition coefficient (Wildman–Crippen LogP) is 0.398.